The van der Waals surface area contributed by atoms with E-state index in [1.165, 1.54) is 22.0 Å². The zero-order chi connectivity index (χ0) is 16.1. The van der Waals surface area contributed by atoms with E-state index >= 15 is 0 Å². The molecule has 3 aromatic rings. The zero-order valence-corrected chi connectivity index (χ0v) is 13.8. The second kappa shape index (κ2) is 7.34. The lowest BCUT2D eigenvalue weighted by molar-refractivity contribution is 0.239. The van der Waals surface area contributed by atoms with Gasteiger partial charge in [-0.25, -0.2) is 0 Å². The summed E-state index contributed by atoms with van der Waals surface area (Å²) in [6, 6.07) is 16.7. The van der Waals surface area contributed by atoms with Gasteiger partial charge in [-0.15, -0.1) is 0 Å². The molecule has 0 unspecified atom stereocenters. The highest BCUT2D eigenvalue weighted by Gasteiger charge is 2.05. The van der Waals surface area contributed by atoms with Crippen molar-refractivity contribution in [2.45, 2.75) is 32.9 Å². The van der Waals surface area contributed by atoms with E-state index in [0.717, 1.165) is 25.3 Å². The van der Waals surface area contributed by atoms with Crippen LogP contribution >= 0.6 is 0 Å². The number of hydrogen-bond donors (Lipinski definition) is 2. The van der Waals surface area contributed by atoms with E-state index in [1.807, 2.05) is 12.1 Å². The lowest BCUT2D eigenvalue weighted by Gasteiger charge is -2.14. The number of para-hydroxylation sites is 2. The van der Waals surface area contributed by atoms with Crippen molar-refractivity contribution in [3.05, 3.63) is 65.9 Å². The molecule has 0 radical (unpaired) electrons. The Labute approximate surface area is 137 Å². The fourth-order valence-electron chi connectivity index (χ4n) is 2.80. The topological polar surface area (TPSA) is 37.0 Å². The molecule has 2 aromatic carbocycles. The van der Waals surface area contributed by atoms with Crippen LogP contribution in [0.3, 0.4) is 0 Å². The quantitative estimate of drug-likeness (QED) is 0.639. The lowest BCUT2D eigenvalue weighted by Crippen LogP contribution is -2.18. The number of rotatable bonds is 7. The van der Waals surface area contributed by atoms with Gasteiger partial charge in [0.05, 0.1) is 6.10 Å². The average Bonchev–Trinajstić information content (AvgIpc) is 2.96. The fourth-order valence-corrected chi connectivity index (χ4v) is 2.80. The Bertz CT molecular complexity index is 761. The molecule has 0 aliphatic rings. The summed E-state index contributed by atoms with van der Waals surface area (Å²) in [5, 5.41) is 4.84. The number of nitrogens with one attached hydrogen (secondary N) is 2. The minimum Gasteiger partial charge on any atom is -0.491 e. The predicted molar refractivity (Wildman–Crippen MR) is 95.9 cm³/mol. The van der Waals surface area contributed by atoms with Gasteiger partial charge in [0.15, 0.2) is 0 Å². The standard InChI is InChI=1S/C20H24N2O/c1-15(2)23-20-10-6-3-7-17(20)13-21-12-11-16-14-22-19-9-5-4-8-18(16)19/h3-10,14-15,21-22H,11-13H2,1-2H3. The Morgan fingerprint density at radius 3 is 2.65 bits per heavy atom. The molecule has 3 heteroatoms. The zero-order valence-electron chi connectivity index (χ0n) is 13.8. The van der Waals surface area contributed by atoms with Gasteiger partial charge in [-0.1, -0.05) is 36.4 Å². The van der Waals surface area contributed by atoms with E-state index in [9.17, 15) is 0 Å². The molecule has 120 valence electrons. The molecule has 0 atom stereocenters. The van der Waals surface area contributed by atoms with Crippen molar-refractivity contribution in [1.82, 2.24) is 10.3 Å². The van der Waals surface area contributed by atoms with Crippen LogP contribution in [-0.2, 0) is 13.0 Å². The van der Waals surface area contributed by atoms with E-state index in [-0.39, 0.29) is 6.10 Å². The molecule has 23 heavy (non-hydrogen) atoms. The van der Waals surface area contributed by atoms with E-state index in [1.54, 1.807) is 0 Å². The van der Waals surface area contributed by atoms with E-state index in [2.05, 4.69) is 66.7 Å². The van der Waals surface area contributed by atoms with Crippen molar-refractivity contribution in [3.63, 3.8) is 0 Å². The molecule has 0 spiro atoms. The van der Waals surface area contributed by atoms with Crippen LogP contribution in [0.15, 0.2) is 54.7 Å². The van der Waals surface area contributed by atoms with Crippen LogP contribution in [-0.4, -0.2) is 17.6 Å². The molecule has 1 aromatic heterocycles. The molecular weight excluding hydrogens is 284 g/mol. The van der Waals surface area contributed by atoms with Crippen molar-refractivity contribution >= 4 is 10.9 Å². The maximum Gasteiger partial charge on any atom is 0.124 e. The largest absolute Gasteiger partial charge is 0.491 e. The molecule has 0 bridgehead atoms. The summed E-state index contributed by atoms with van der Waals surface area (Å²) < 4.78 is 5.86. The van der Waals surface area contributed by atoms with Crippen molar-refractivity contribution in [2.75, 3.05) is 6.54 Å². The molecule has 0 fully saturated rings. The third-order valence-electron chi connectivity index (χ3n) is 3.90. The first-order valence-electron chi connectivity index (χ1n) is 8.24. The highest BCUT2D eigenvalue weighted by molar-refractivity contribution is 5.83. The molecule has 0 saturated heterocycles. The van der Waals surface area contributed by atoms with E-state index in [0.29, 0.717) is 0 Å². The molecular formula is C20H24N2O. The summed E-state index contributed by atoms with van der Waals surface area (Å²) in [5.74, 6) is 0.974. The van der Waals surface area contributed by atoms with Gasteiger partial charge in [0.2, 0.25) is 0 Å². The molecule has 0 saturated carbocycles. The van der Waals surface area contributed by atoms with Gasteiger partial charge < -0.3 is 15.0 Å². The van der Waals surface area contributed by atoms with Crippen molar-refractivity contribution in [1.29, 1.82) is 0 Å². The van der Waals surface area contributed by atoms with Crippen LogP contribution in [0.1, 0.15) is 25.0 Å². The normalized spacial score (nSPS) is 11.3. The maximum absolute atomic E-state index is 5.86. The van der Waals surface area contributed by atoms with Crippen LogP contribution < -0.4 is 10.1 Å². The summed E-state index contributed by atoms with van der Waals surface area (Å²) >= 11 is 0. The molecule has 2 N–H and O–H groups in total. The highest BCUT2D eigenvalue weighted by Crippen LogP contribution is 2.20. The minimum absolute atomic E-state index is 0.197. The van der Waals surface area contributed by atoms with Crippen molar-refractivity contribution in [3.8, 4) is 5.75 Å². The Morgan fingerprint density at radius 2 is 1.78 bits per heavy atom. The van der Waals surface area contributed by atoms with Crippen molar-refractivity contribution < 1.29 is 4.74 Å². The van der Waals surface area contributed by atoms with Crippen molar-refractivity contribution in [2.24, 2.45) is 0 Å². The Kier molecular flexibility index (Phi) is 4.99. The second-order valence-corrected chi connectivity index (χ2v) is 6.06. The number of fused-ring (bicyclic) bond motifs is 1. The number of H-pyrrole nitrogens is 1. The third-order valence-corrected chi connectivity index (χ3v) is 3.90. The molecule has 1 heterocycles. The number of ether oxygens (including phenoxy) is 1. The number of aromatic nitrogens is 1. The summed E-state index contributed by atoms with van der Waals surface area (Å²) in [6.07, 6.45) is 3.32. The summed E-state index contributed by atoms with van der Waals surface area (Å²) in [6.45, 7) is 5.88. The molecule has 0 aliphatic carbocycles. The lowest BCUT2D eigenvalue weighted by atomic mass is 10.1. The predicted octanol–water partition coefficient (Wildman–Crippen LogP) is 4.29. The van der Waals surface area contributed by atoms with Crippen LogP contribution in [0.4, 0.5) is 0 Å². The summed E-state index contributed by atoms with van der Waals surface area (Å²) in [7, 11) is 0. The fraction of sp³-hybridized carbons (Fsp3) is 0.300. The van der Waals surface area contributed by atoms with Gasteiger partial charge in [-0.05, 0) is 44.5 Å². The SMILES string of the molecule is CC(C)Oc1ccccc1CNCCc1c[nH]c2ccccc12. The summed E-state index contributed by atoms with van der Waals surface area (Å²) in [5.41, 5.74) is 3.78. The summed E-state index contributed by atoms with van der Waals surface area (Å²) in [4.78, 5) is 3.33. The van der Waals surface area contributed by atoms with Gasteiger partial charge in [-0.2, -0.15) is 0 Å². The average molecular weight is 308 g/mol. The molecule has 0 aliphatic heterocycles. The number of hydrogen-bond acceptors (Lipinski definition) is 2. The Hall–Kier alpha value is -2.26. The third kappa shape index (κ3) is 3.93. The smallest absolute Gasteiger partial charge is 0.124 e. The number of benzene rings is 2. The minimum atomic E-state index is 0.197. The van der Waals surface area contributed by atoms with Crippen LogP contribution in [0.2, 0.25) is 0 Å². The van der Waals surface area contributed by atoms with Crippen LogP contribution in [0.25, 0.3) is 10.9 Å². The van der Waals surface area contributed by atoms with Crippen LogP contribution in [0, 0.1) is 0 Å². The van der Waals surface area contributed by atoms with Gasteiger partial charge in [0.1, 0.15) is 5.75 Å². The molecule has 3 nitrogen and oxygen atoms in total. The molecule has 3 rings (SSSR count). The Balaban J connectivity index is 1.56. The van der Waals surface area contributed by atoms with Gasteiger partial charge in [0.25, 0.3) is 0 Å². The Morgan fingerprint density at radius 1 is 1.00 bits per heavy atom. The first kappa shape index (κ1) is 15.6. The van der Waals surface area contributed by atoms with E-state index in [4.69, 9.17) is 4.74 Å². The van der Waals surface area contributed by atoms with Gasteiger partial charge >= 0.3 is 0 Å². The first-order chi connectivity index (χ1) is 11.2. The highest BCUT2D eigenvalue weighted by atomic mass is 16.5. The number of aromatic amines is 1. The second-order valence-electron chi connectivity index (χ2n) is 6.06. The van der Waals surface area contributed by atoms with Gasteiger partial charge in [0, 0.05) is 29.2 Å². The van der Waals surface area contributed by atoms with Crippen LogP contribution in [0.5, 0.6) is 5.75 Å². The monoisotopic (exact) mass is 308 g/mol. The van der Waals surface area contributed by atoms with E-state index < -0.39 is 0 Å². The van der Waals surface area contributed by atoms with Gasteiger partial charge in [-0.3, -0.25) is 0 Å². The molecule has 0 amide bonds. The first-order valence-corrected chi connectivity index (χ1v) is 8.24. The maximum atomic E-state index is 5.86.